The number of nitrogens with one attached hydrogen (secondary N) is 1. The summed E-state index contributed by atoms with van der Waals surface area (Å²) in [5.41, 5.74) is 9.91. The van der Waals surface area contributed by atoms with Gasteiger partial charge in [-0.15, -0.1) is 0 Å². The van der Waals surface area contributed by atoms with Crippen LogP contribution in [0.1, 0.15) is 41.5 Å². The first-order valence-electron chi connectivity index (χ1n) is 12.9. The van der Waals surface area contributed by atoms with Crippen LogP contribution in [-0.4, -0.2) is 10.8 Å². The minimum Gasteiger partial charge on any atom is -0.373 e. The van der Waals surface area contributed by atoms with Crippen LogP contribution in [0, 0.1) is 0 Å². The molecular weight excluding hydrogens is 452 g/mol. The molecule has 178 valence electrons. The lowest BCUT2D eigenvalue weighted by Crippen LogP contribution is -2.29. The van der Waals surface area contributed by atoms with Crippen LogP contribution in [-0.2, 0) is 4.79 Å². The van der Waals surface area contributed by atoms with Crippen molar-refractivity contribution < 1.29 is 4.79 Å². The highest BCUT2D eigenvalue weighted by molar-refractivity contribution is 6.12. The van der Waals surface area contributed by atoms with Crippen molar-refractivity contribution in [1.82, 2.24) is 4.98 Å². The Morgan fingerprint density at radius 1 is 0.676 bits per heavy atom. The highest BCUT2D eigenvalue weighted by Crippen LogP contribution is 2.50. The molecule has 0 amide bonds. The van der Waals surface area contributed by atoms with Crippen LogP contribution >= 0.6 is 0 Å². The largest absolute Gasteiger partial charge is 0.373 e. The number of fused-ring (bicyclic) bond motifs is 4. The van der Waals surface area contributed by atoms with E-state index in [0.29, 0.717) is 6.42 Å². The predicted molar refractivity (Wildman–Crippen MR) is 150 cm³/mol. The SMILES string of the molecule is O=C1C[C@@H](c2ccccc2)CC2=C1[C@@H](c1ccc(-c3ccccc3)cc1)Nc1ccc3ncccc3c12. The zero-order valence-electron chi connectivity index (χ0n) is 20.4. The summed E-state index contributed by atoms with van der Waals surface area (Å²) in [5, 5.41) is 4.84. The first-order valence-corrected chi connectivity index (χ1v) is 12.9. The minimum absolute atomic E-state index is 0.173. The van der Waals surface area contributed by atoms with E-state index >= 15 is 0 Å². The van der Waals surface area contributed by atoms with Crippen LogP contribution in [0.3, 0.4) is 0 Å². The molecule has 1 aromatic heterocycles. The molecule has 4 aromatic carbocycles. The van der Waals surface area contributed by atoms with Crippen molar-refractivity contribution >= 4 is 27.9 Å². The Balaban J connectivity index is 1.38. The fourth-order valence-corrected chi connectivity index (χ4v) is 6.04. The zero-order valence-corrected chi connectivity index (χ0v) is 20.4. The van der Waals surface area contributed by atoms with E-state index in [1.165, 1.54) is 16.7 Å². The molecule has 0 saturated carbocycles. The molecule has 2 heterocycles. The van der Waals surface area contributed by atoms with Crippen LogP contribution in [0.25, 0.3) is 27.6 Å². The van der Waals surface area contributed by atoms with Crippen LogP contribution in [0.4, 0.5) is 5.69 Å². The summed E-state index contributed by atoms with van der Waals surface area (Å²) >= 11 is 0. The summed E-state index contributed by atoms with van der Waals surface area (Å²) in [6.45, 7) is 0. The monoisotopic (exact) mass is 478 g/mol. The third kappa shape index (κ3) is 3.75. The van der Waals surface area contributed by atoms with Crippen molar-refractivity contribution in [2.45, 2.75) is 24.8 Å². The fourth-order valence-electron chi connectivity index (χ4n) is 6.04. The number of pyridine rings is 1. The Morgan fingerprint density at radius 2 is 1.41 bits per heavy atom. The average molecular weight is 479 g/mol. The lowest BCUT2D eigenvalue weighted by atomic mass is 9.71. The Bertz CT molecular complexity index is 1650. The van der Waals surface area contributed by atoms with Gasteiger partial charge in [0.2, 0.25) is 0 Å². The second kappa shape index (κ2) is 8.86. The van der Waals surface area contributed by atoms with Crippen LogP contribution in [0.15, 0.2) is 121 Å². The molecule has 2 atom stereocenters. The van der Waals surface area contributed by atoms with E-state index in [1.807, 2.05) is 24.4 Å². The molecule has 1 aliphatic heterocycles. The van der Waals surface area contributed by atoms with E-state index in [0.717, 1.165) is 45.3 Å². The summed E-state index contributed by atoms with van der Waals surface area (Å²) in [4.78, 5) is 18.5. The second-order valence-electron chi connectivity index (χ2n) is 9.95. The molecule has 0 saturated heterocycles. The van der Waals surface area contributed by atoms with Gasteiger partial charge in [0.15, 0.2) is 5.78 Å². The van der Waals surface area contributed by atoms with Gasteiger partial charge in [-0.25, -0.2) is 0 Å². The van der Waals surface area contributed by atoms with E-state index in [9.17, 15) is 4.79 Å². The van der Waals surface area contributed by atoms with E-state index in [-0.39, 0.29) is 17.7 Å². The number of carbonyl (C=O) groups is 1. The number of hydrogen-bond donors (Lipinski definition) is 1. The Kier molecular flexibility index (Phi) is 5.21. The number of carbonyl (C=O) groups excluding carboxylic acids is 1. The molecule has 0 radical (unpaired) electrons. The fraction of sp³-hybridized carbons (Fsp3) is 0.118. The number of allylic oxidation sites excluding steroid dienone is 1. The minimum atomic E-state index is -0.175. The van der Waals surface area contributed by atoms with Crippen LogP contribution < -0.4 is 5.32 Å². The first kappa shape index (κ1) is 21.8. The molecule has 37 heavy (non-hydrogen) atoms. The molecule has 0 fully saturated rings. The molecule has 0 unspecified atom stereocenters. The number of ketones is 1. The van der Waals surface area contributed by atoms with E-state index in [2.05, 4.69) is 101 Å². The maximum Gasteiger partial charge on any atom is 0.162 e. The number of aromatic nitrogens is 1. The number of rotatable bonds is 3. The molecule has 2 aliphatic rings. The van der Waals surface area contributed by atoms with E-state index in [4.69, 9.17) is 0 Å². The molecule has 7 rings (SSSR count). The summed E-state index contributed by atoms with van der Waals surface area (Å²) < 4.78 is 0. The molecule has 3 heteroatoms. The quantitative estimate of drug-likeness (QED) is 0.286. The van der Waals surface area contributed by atoms with Gasteiger partial charge in [-0.05, 0) is 58.4 Å². The Hall–Kier alpha value is -4.50. The maximum absolute atomic E-state index is 13.9. The number of anilines is 1. The van der Waals surface area contributed by atoms with Gasteiger partial charge in [0.05, 0.1) is 11.6 Å². The molecule has 3 nitrogen and oxygen atoms in total. The van der Waals surface area contributed by atoms with Crippen molar-refractivity contribution in [3.05, 3.63) is 138 Å². The molecule has 5 aromatic rings. The summed E-state index contributed by atoms with van der Waals surface area (Å²) in [6.07, 6.45) is 3.20. The van der Waals surface area contributed by atoms with Crippen molar-refractivity contribution in [2.24, 2.45) is 0 Å². The molecule has 1 N–H and O–H groups in total. The third-order valence-corrected chi connectivity index (χ3v) is 7.81. The second-order valence-corrected chi connectivity index (χ2v) is 9.95. The van der Waals surface area contributed by atoms with Crippen LogP contribution in [0.2, 0.25) is 0 Å². The highest BCUT2D eigenvalue weighted by atomic mass is 16.1. The molecule has 1 aliphatic carbocycles. The lowest BCUT2D eigenvalue weighted by Gasteiger charge is -2.37. The average Bonchev–Trinajstić information content (AvgIpc) is 2.97. The van der Waals surface area contributed by atoms with Crippen molar-refractivity contribution in [3.63, 3.8) is 0 Å². The Morgan fingerprint density at radius 3 is 2.19 bits per heavy atom. The smallest absolute Gasteiger partial charge is 0.162 e. The van der Waals surface area contributed by atoms with Gasteiger partial charge in [-0.2, -0.15) is 0 Å². The van der Waals surface area contributed by atoms with Crippen LogP contribution in [0.5, 0.6) is 0 Å². The normalized spacial score (nSPS) is 18.8. The van der Waals surface area contributed by atoms with Gasteiger partial charge < -0.3 is 5.32 Å². The van der Waals surface area contributed by atoms with Gasteiger partial charge >= 0.3 is 0 Å². The summed E-state index contributed by atoms with van der Waals surface area (Å²) in [7, 11) is 0. The zero-order chi connectivity index (χ0) is 24.8. The van der Waals surface area contributed by atoms with Gasteiger partial charge in [0.25, 0.3) is 0 Å². The lowest BCUT2D eigenvalue weighted by molar-refractivity contribution is -0.116. The van der Waals surface area contributed by atoms with Gasteiger partial charge in [-0.1, -0.05) is 91.0 Å². The predicted octanol–water partition coefficient (Wildman–Crippen LogP) is 7.97. The van der Waals surface area contributed by atoms with E-state index in [1.54, 1.807) is 0 Å². The highest BCUT2D eigenvalue weighted by Gasteiger charge is 2.38. The number of nitrogens with zero attached hydrogens (tertiary/aromatic N) is 1. The topological polar surface area (TPSA) is 42.0 Å². The number of Topliss-reactive ketones (excluding diaryl/α,β-unsaturated/α-hetero) is 1. The number of benzene rings is 4. The first-order chi connectivity index (χ1) is 18.3. The molecular formula is C34H26N2O. The van der Waals surface area contributed by atoms with Gasteiger partial charge in [0.1, 0.15) is 0 Å². The van der Waals surface area contributed by atoms with Gasteiger partial charge in [0, 0.05) is 34.8 Å². The maximum atomic E-state index is 13.9. The standard InChI is InChI=1S/C34H26N2O/c37-31-21-26(23-10-5-2-6-11-23)20-28-32-27-12-7-19-35-29(27)17-18-30(32)36-34(33(28)31)25-15-13-24(14-16-25)22-8-3-1-4-9-22/h1-19,26,34,36H,20-21H2/t26-,34+/m0/s1. The third-order valence-electron chi connectivity index (χ3n) is 7.81. The summed E-state index contributed by atoms with van der Waals surface area (Å²) in [5.74, 6) is 0.401. The van der Waals surface area contributed by atoms with Crippen molar-refractivity contribution in [2.75, 3.05) is 5.32 Å². The van der Waals surface area contributed by atoms with Crippen molar-refractivity contribution in [1.29, 1.82) is 0 Å². The van der Waals surface area contributed by atoms with Crippen molar-refractivity contribution in [3.8, 4) is 11.1 Å². The summed E-state index contributed by atoms with van der Waals surface area (Å²) in [6, 6.07) is 37.6. The molecule has 0 bridgehead atoms. The van der Waals surface area contributed by atoms with Gasteiger partial charge in [-0.3, -0.25) is 9.78 Å². The Labute approximate surface area is 216 Å². The molecule has 0 spiro atoms. The number of hydrogen-bond acceptors (Lipinski definition) is 3. The van der Waals surface area contributed by atoms with E-state index < -0.39 is 0 Å².